The summed E-state index contributed by atoms with van der Waals surface area (Å²) in [6.07, 6.45) is 4.50. The number of benzene rings is 3. The number of anilines is 1. The van der Waals surface area contributed by atoms with E-state index in [1.807, 2.05) is 31.2 Å². The lowest BCUT2D eigenvalue weighted by atomic mass is 9.93. The number of phenols is 1. The highest BCUT2D eigenvalue weighted by Gasteiger charge is 2.34. The van der Waals surface area contributed by atoms with Crippen molar-refractivity contribution in [2.45, 2.75) is 50.7 Å². The average Bonchev–Trinajstić information content (AvgIpc) is 3.50. The number of nitrogens with one attached hydrogen (secondary N) is 1. The van der Waals surface area contributed by atoms with Crippen LogP contribution in [0.1, 0.15) is 31.2 Å². The SMILES string of the molecule is Cc1cccc2cc(O)cc(-c3ccc4c(N5CC6CCC(C5)N6)nc(OCC5CCCN5C)nc4c3F)c12. The highest BCUT2D eigenvalue weighted by Crippen LogP contribution is 2.40. The third-order valence-electron chi connectivity index (χ3n) is 8.82. The molecule has 3 aliphatic rings. The molecule has 3 aliphatic heterocycles. The quantitative estimate of drug-likeness (QED) is 0.378. The Labute approximate surface area is 227 Å². The third kappa shape index (κ3) is 4.36. The van der Waals surface area contributed by atoms with Crippen LogP contribution in [0, 0.1) is 12.7 Å². The Kier molecular flexibility index (Phi) is 6.05. The van der Waals surface area contributed by atoms with Gasteiger partial charge < -0.3 is 25.0 Å². The molecule has 0 saturated carbocycles. The van der Waals surface area contributed by atoms with Crippen LogP contribution in [0.15, 0.2) is 42.5 Å². The number of likely N-dealkylation sites (N-methyl/N-ethyl adjacent to an activating group) is 1. The van der Waals surface area contributed by atoms with Crippen LogP contribution in [0.3, 0.4) is 0 Å². The van der Waals surface area contributed by atoms with Crippen LogP contribution in [0.4, 0.5) is 10.2 Å². The van der Waals surface area contributed by atoms with Gasteiger partial charge in [0.2, 0.25) is 0 Å². The molecule has 1 aromatic heterocycles. The molecular formula is C31H34FN5O2. The molecule has 3 atom stereocenters. The van der Waals surface area contributed by atoms with E-state index in [1.165, 1.54) is 0 Å². The summed E-state index contributed by atoms with van der Waals surface area (Å²) in [7, 11) is 2.11. The van der Waals surface area contributed by atoms with E-state index in [4.69, 9.17) is 9.72 Å². The molecule has 0 amide bonds. The Hall–Kier alpha value is -3.49. The molecule has 3 fully saturated rings. The number of aryl methyl sites for hydroxylation is 1. The first-order valence-electron chi connectivity index (χ1n) is 14.0. The van der Waals surface area contributed by atoms with Gasteiger partial charge in [-0.15, -0.1) is 0 Å². The molecule has 0 aliphatic carbocycles. The fourth-order valence-corrected chi connectivity index (χ4v) is 6.78. The monoisotopic (exact) mass is 527 g/mol. The fraction of sp³-hybridized carbons (Fsp3) is 0.419. The van der Waals surface area contributed by atoms with Crippen LogP contribution < -0.4 is 15.0 Å². The molecule has 0 radical (unpaired) electrons. The number of aromatic hydroxyl groups is 1. The van der Waals surface area contributed by atoms with Gasteiger partial charge in [0.05, 0.1) is 0 Å². The van der Waals surface area contributed by atoms with Gasteiger partial charge in [-0.2, -0.15) is 9.97 Å². The minimum atomic E-state index is -0.424. The van der Waals surface area contributed by atoms with Gasteiger partial charge in [-0.25, -0.2) is 4.39 Å². The van der Waals surface area contributed by atoms with Crippen molar-refractivity contribution in [3.63, 3.8) is 0 Å². The van der Waals surface area contributed by atoms with Gasteiger partial charge in [0.25, 0.3) is 0 Å². The van der Waals surface area contributed by atoms with Gasteiger partial charge in [-0.3, -0.25) is 0 Å². The van der Waals surface area contributed by atoms with Crippen molar-refractivity contribution < 1.29 is 14.2 Å². The van der Waals surface area contributed by atoms with E-state index in [1.54, 1.807) is 18.2 Å². The summed E-state index contributed by atoms with van der Waals surface area (Å²) < 4.78 is 22.7. The van der Waals surface area contributed by atoms with E-state index < -0.39 is 5.82 Å². The maximum Gasteiger partial charge on any atom is 0.319 e. The van der Waals surface area contributed by atoms with Crippen molar-refractivity contribution in [3.05, 3.63) is 53.8 Å². The predicted octanol–water partition coefficient (Wildman–Crippen LogP) is 5.02. The molecule has 0 spiro atoms. The van der Waals surface area contributed by atoms with Crippen molar-refractivity contribution in [1.82, 2.24) is 20.2 Å². The topological polar surface area (TPSA) is 73.8 Å². The number of hydrogen-bond acceptors (Lipinski definition) is 7. The zero-order chi connectivity index (χ0) is 26.7. The summed E-state index contributed by atoms with van der Waals surface area (Å²) in [6.45, 7) is 5.19. The standard InChI is InChI=1S/C31H34FN5O2/c1-18-5-3-6-19-13-23(38)14-26(27(18)19)24-10-11-25-29(28(24)32)34-31(39-17-22-7-4-12-36(22)2)35-30(25)37-15-20-8-9-21(16-37)33-20/h3,5-6,10-11,13-14,20-22,33,38H,4,7-9,12,15-17H2,1-2H3. The Morgan fingerprint density at radius 1 is 1.05 bits per heavy atom. The van der Waals surface area contributed by atoms with Crippen LogP contribution >= 0.6 is 0 Å². The lowest BCUT2D eigenvalue weighted by molar-refractivity contribution is 0.188. The zero-order valence-electron chi connectivity index (χ0n) is 22.5. The number of phenolic OH excluding ortho intramolecular Hbond substituents is 1. The van der Waals surface area contributed by atoms with E-state index in [0.717, 1.165) is 67.5 Å². The largest absolute Gasteiger partial charge is 0.508 e. The molecule has 3 unspecified atom stereocenters. The average molecular weight is 528 g/mol. The minimum Gasteiger partial charge on any atom is -0.508 e. The minimum absolute atomic E-state index is 0.104. The van der Waals surface area contributed by atoms with Gasteiger partial charge in [0, 0.05) is 42.2 Å². The summed E-state index contributed by atoms with van der Waals surface area (Å²) in [5.74, 6) is 0.412. The van der Waals surface area contributed by atoms with Crippen LogP contribution in [-0.2, 0) is 0 Å². The lowest BCUT2D eigenvalue weighted by Crippen LogP contribution is -2.51. The van der Waals surface area contributed by atoms with Gasteiger partial charge in [-0.1, -0.05) is 24.3 Å². The molecular weight excluding hydrogens is 493 g/mol. The fourth-order valence-electron chi connectivity index (χ4n) is 6.78. The second kappa shape index (κ2) is 9.61. The number of piperazine rings is 1. The second-order valence-electron chi connectivity index (χ2n) is 11.4. The van der Waals surface area contributed by atoms with Crippen LogP contribution in [0.5, 0.6) is 11.8 Å². The molecule has 3 aromatic carbocycles. The summed E-state index contributed by atoms with van der Waals surface area (Å²) in [6, 6.07) is 14.3. The molecule has 39 heavy (non-hydrogen) atoms. The Balaban J connectivity index is 1.37. The molecule has 7 rings (SSSR count). The number of rotatable bonds is 5. The van der Waals surface area contributed by atoms with Crippen LogP contribution in [-0.4, -0.2) is 71.4 Å². The number of aromatic nitrogens is 2. The first-order valence-corrected chi connectivity index (χ1v) is 14.0. The van der Waals surface area contributed by atoms with Gasteiger partial charge >= 0.3 is 6.01 Å². The van der Waals surface area contributed by atoms with Crippen molar-refractivity contribution in [1.29, 1.82) is 0 Å². The number of likely N-dealkylation sites (tertiary alicyclic amines) is 1. The van der Waals surface area contributed by atoms with E-state index in [2.05, 4.69) is 27.1 Å². The Morgan fingerprint density at radius 2 is 1.87 bits per heavy atom. The first-order chi connectivity index (χ1) is 18.9. The lowest BCUT2D eigenvalue weighted by Gasteiger charge is -2.34. The van der Waals surface area contributed by atoms with Crippen molar-refractivity contribution in [2.24, 2.45) is 0 Å². The van der Waals surface area contributed by atoms with Crippen molar-refractivity contribution >= 4 is 27.5 Å². The maximum absolute atomic E-state index is 16.6. The molecule has 4 heterocycles. The number of ether oxygens (including phenoxy) is 1. The number of nitrogens with zero attached hydrogens (tertiary/aromatic N) is 4. The number of halogens is 1. The molecule has 2 bridgehead atoms. The van der Waals surface area contributed by atoms with E-state index >= 15 is 4.39 Å². The third-order valence-corrected chi connectivity index (χ3v) is 8.82. The normalized spacial score (nSPS) is 23.3. The van der Waals surface area contributed by atoms with Crippen LogP contribution in [0.2, 0.25) is 0 Å². The molecule has 7 nitrogen and oxygen atoms in total. The molecule has 202 valence electrons. The Bertz CT molecular complexity index is 1560. The highest BCUT2D eigenvalue weighted by atomic mass is 19.1. The predicted molar refractivity (Wildman–Crippen MR) is 152 cm³/mol. The van der Waals surface area contributed by atoms with Gasteiger partial charge in [0.15, 0.2) is 5.82 Å². The van der Waals surface area contributed by atoms with E-state index in [-0.39, 0.29) is 17.3 Å². The smallest absolute Gasteiger partial charge is 0.319 e. The summed E-state index contributed by atoms with van der Waals surface area (Å²) >= 11 is 0. The molecule has 4 aromatic rings. The summed E-state index contributed by atoms with van der Waals surface area (Å²) in [4.78, 5) is 14.1. The van der Waals surface area contributed by atoms with Crippen LogP contribution in [0.25, 0.3) is 32.8 Å². The zero-order valence-corrected chi connectivity index (χ0v) is 22.5. The molecule has 3 saturated heterocycles. The number of fused-ring (bicyclic) bond motifs is 4. The maximum atomic E-state index is 16.6. The van der Waals surface area contributed by atoms with E-state index in [0.29, 0.717) is 41.2 Å². The van der Waals surface area contributed by atoms with E-state index in [9.17, 15) is 5.11 Å². The summed E-state index contributed by atoms with van der Waals surface area (Å²) in [5.41, 5.74) is 2.33. The number of hydrogen-bond donors (Lipinski definition) is 2. The van der Waals surface area contributed by atoms with Gasteiger partial charge in [0.1, 0.15) is 23.7 Å². The molecule has 2 N–H and O–H groups in total. The first kappa shape index (κ1) is 24.5. The summed E-state index contributed by atoms with van der Waals surface area (Å²) in [5, 5.41) is 16.6. The molecule has 8 heteroatoms. The second-order valence-corrected chi connectivity index (χ2v) is 11.4. The van der Waals surface area contributed by atoms with Crippen molar-refractivity contribution in [2.75, 3.05) is 38.2 Å². The van der Waals surface area contributed by atoms with Gasteiger partial charge in [-0.05, 0) is 86.3 Å². The van der Waals surface area contributed by atoms with Crippen molar-refractivity contribution in [3.8, 4) is 22.9 Å². The highest BCUT2D eigenvalue weighted by molar-refractivity contribution is 6.02. The Morgan fingerprint density at radius 3 is 2.64 bits per heavy atom.